The molecule has 0 unspecified atom stereocenters. The van der Waals surface area contributed by atoms with E-state index in [1.807, 2.05) is 12.1 Å². The molecule has 5 nitrogen and oxygen atoms in total. The summed E-state index contributed by atoms with van der Waals surface area (Å²) >= 11 is 5.89. The van der Waals surface area contributed by atoms with Gasteiger partial charge in [0.05, 0.1) is 0 Å². The third-order valence-electron chi connectivity index (χ3n) is 5.55. The molecule has 0 amide bonds. The SMILES string of the molecule is O=c1cc(C[NH+]2CC[NH+](Cc3ccccc3)CC2)occ1OCc1ccc(Cl)cc1. The Balaban J connectivity index is 1.26. The summed E-state index contributed by atoms with van der Waals surface area (Å²) in [7, 11) is 0. The lowest BCUT2D eigenvalue weighted by Gasteiger charge is -2.29. The van der Waals surface area contributed by atoms with Crippen molar-refractivity contribution in [2.24, 2.45) is 0 Å². The number of nitrogens with one attached hydrogen (secondary N) is 2. The smallest absolute Gasteiger partial charge is 0.227 e. The molecular formula is C24H27ClN2O3+2. The van der Waals surface area contributed by atoms with Crippen LogP contribution >= 0.6 is 11.6 Å². The van der Waals surface area contributed by atoms with E-state index in [0.29, 0.717) is 17.4 Å². The third-order valence-corrected chi connectivity index (χ3v) is 5.80. The van der Waals surface area contributed by atoms with Gasteiger partial charge in [-0.3, -0.25) is 4.79 Å². The zero-order chi connectivity index (χ0) is 20.8. The highest BCUT2D eigenvalue weighted by Gasteiger charge is 2.24. The number of rotatable bonds is 7. The van der Waals surface area contributed by atoms with E-state index in [1.165, 1.54) is 16.7 Å². The van der Waals surface area contributed by atoms with Gasteiger partial charge in [0, 0.05) is 16.7 Å². The van der Waals surface area contributed by atoms with Gasteiger partial charge in [0.15, 0.2) is 5.76 Å². The summed E-state index contributed by atoms with van der Waals surface area (Å²) in [6.45, 7) is 6.49. The largest absolute Gasteiger partial charge is 0.482 e. The van der Waals surface area contributed by atoms with Crippen LogP contribution in [0.25, 0.3) is 0 Å². The molecule has 0 atom stereocenters. The van der Waals surface area contributed by atoms with Crippen LogP contribution in [0.15, 0.2) is 76.1 Å². The Morgan fingerprint density at radius 2 is 1.53 bits per heavy atom. The van der Waals surface area contributed by atoms with E-state index in [-0.39, 0.29) is 11.2 Å². The molecule has 0 spiro atoms. The Hall–Kier alpha value is -2.60. The molecule has 0 saturated carbocycles. The van der Waals surface area contributed by atoms with Gasteiger partial charge < -0.3 is 19.0 Å². The van der Waals surface area contributed by atoms with Crippen LogP contribution in [0.3, 0.4) is 0 Å². The molecule has 2 N–H and O–H groups in total. The van der Waals surface area contributed by atoms with Gasteiger partial charge in [-0.2, -0.15) is 0 Å². The molecule has 30 heavy (non-hydrogen) atoms. The maximum absolute atomic E-state index is 12.4. The summed E-state index contributed by atoms with van der Waals surface area (Å²) in [5.41, 5.74) is 2.19. The van der Waals surface area contributed by atoms with Gasteiger partial charge in [-0.1, -0.05) is 54.1 Å². The lowest BCUT2D eigenvalue weighted by Crippen LogP contribution is -3.27. The van der Waals surface area contributed by atoms with Crippen molar-refractivity contribution in [1.29, 1.82) is 0 Å². The Morgan fingerprint density at radius 3 is 2.20 bits per heavy atom. The molecule has 1 aliphatic heterocycles. The van der Waals surface area contributed by atoms with Crippen LogP contribution in [-0.2, 0) is 19.7 Å². The van der Waals surface area contributed by atoms with Crippen molar-refractivity contribution in [1.82, 2.24) is 0 Å². The summed E-state index contributed by atoms with van der Waals surface area (Å²) in [5, 5.41) is 0.674. The zero-order valence-electron chi connectivity index (χ0n) is 16.9. The topological polar surface area (TPSA) is 48.3 Å². The quantitative estimate of drug-likeness (QED) is 0.599. The van der Waals surface area contributed by atoms with Crippen LogP contribution in [0, 0.1) is 0 Å². The Labute approximate surface area is 181 Å². The van der Waals surface area contributed by atoms with Gasteiger partial charge in [-0.25, -0.2) is 0 Å². The molecule has 2 heterocycles. The number of hydrogen-bond donors (Lipinski definition) is 2. The average Bonchev–Trinajstić information content (AvgIpc) is 2.76. The van der Waals surface area contributed by atoms with Gasteiger partial charge in [-0.05, 0) is 17.7 Å². The first-order chi connectivity index (χ1) is 14.7. The normalized spacial score (nSPS) is 18.8. The highest BCUT2D eigenvalue weighted by Crippen LogP contribution is 2.12. The van der Waals surface area contributed by atoms with E-state index >= 15 is 0 Å². The van der Waals surface area contributed by atoms with E-state index in [4.69, 9.17) is 20.8 Å². The maximum Gasteiger partial charge on any atom is 0.227 e. The van der Waals surface area contributed by atoms with Gasteiger partial charge >= 0.3 is 0 Å². The van der Waals surface area contributed by atoms with Crippen molar-refractivity contribution in [3.05, 3.63) is 99.1 Å². The monoisotopic (exact) mass is 426 g/mol. The second-order valence-electron chi connectivity index (χ2n) is 7.83. The summed E-state index contributed by atoms with van der Waals surface area (Å²) in [6.07, 6.45) is 1.43. The molecule has 1 saturated heterocycles. The molecule has 4 rings (SSSR count). The first-order valence-corrected chi connectivity index (χ1v) is 10.7. The molecule has 0 radical (unpaired) electrons. The third kappa shape index (κ3) is 5.72. The maximum atomic E-state index is 12.4. The molecule has 0 bridgehead atoms. The van der Waals surface area contributed by atoms with Crippen molar-refractivity contribution >= 4 is 11.6 Å². The molecule has 1 aromatic heterocycles. The predicted molar refractivity (Wildman–Crippen MR) is 116 cm³/mol. The first-order valence-electron chi connectivity index (χ1n) is 10.4. The molecular weight excluding hydrogens is 400 g/mol. The lowest BCUT2D eigenvalue weighted by atomic mass is 10.2. The van der Waals surface area contributed by atoms with Gasteiger partial charge in [-0.15, -0.1) is 0 Å². The molecule has 1 aliphatic rings. The van der Waals surface area contributed by atoms with Crippen molar-refractivity contribution in [2.75, 3.05) is 26.2 Å². The number of quaternary nitrogens is 2. The minimum Gasteiger partial charge on any atom is -0.482 e. The van der Waals surface area contributed by atoms with E-state index in [9.17, 15) is 4.79 Å². The standard InChI is InChI=1S/C24H25ClN2O3/c25-21-8-6-20(7-9-21)17-30-24-18-29-22(14-23(24)28)16-27-12-10-26(11-13-27)15-19-4-2-1-3-5-19/h1-9,14,18H,10-13,15-17H2/p+2. The van der Waals surface area contributed by atoms with Crippen LogP contribution in [-0.4, -0.2) is 26.2 Å². The minimum absolute atomic E-state index is 0.141. The second-order valence-corrected chi connectivity index (χ2v) is 8.27. The number of ether oxygens (including phenoxy) is 1. The van der Waals surface area contributed by atoms with E-state index < -0.39 is 0 Å². The summed E-state index contributed by atoms with van der Waals surface area (Å²) in [5.74, 6) is 0.946. The number of piperazine rings is 1. The van der Waals surface area contributed by atoms with Crippen molar-refractivity contribution in [3.63, 3.8) is 0 Å². The molecule has 1 fully saturated rings. The van der Waals surface area contributed by atoms with E-state index in [1.54, 1.807) is 23.1 Å². The highest BCUT2D eigenvalue weighted by molar-refractivity contribution is 6.30. The van der Waals surface area contributed by atoms with Crippen LogP contribution in [0.5, 0.6) is 5.75 Å². The zero-order valence-corrected chi connectivity index (χ0v) is 17.7. The Bertz CT molecular complexity index is 997. The molecule has 0 aliphatic carbocycles. The minimum atomic E-state index is -0.141. The van der Waals surface area contributed by atoms with Crippen LogP contribution in [0.4, 0.5) is 0 Å². The summed E-state index contributed by atoms with van der Waals surface area (Å²) in [4.78, 5) is 15.5. The van der Waals surface area contributed by atoms with Crippen LogP contribution < -0.4 is 20.0 Å². The number of benzene rings is 2. The van der Waals surface area contributed by atoms with Crippen LogP contribution in [0.1, 0.15) is 16.9 Å². The molecule has 156 valence electrons. The van der Waals surface area contributed by atoms with Crippen LogP contribution in [0.2, 0.25) is 5.02 Å². The number of halogens is 1. The van der Waals surface area contributed by atoms with Gasteiger partial charge in [0.1, 0.15) is 52.1 Å². The van der Waals surface area contributed by atoms with Crippen molar-refractivity contribution in [3.8, 4) is 5.75 Å². The lowest BCUT2D eigenvalue weighted by molar-refractivity contribution is -1.02. The fourth-order valence-electron chi connectivity index (χ4n) is 3.82. The van der Waals surface area contributed by atoms with Crippen molar-refractivity contribution in [2.45, 2.75) is 19.7 Å². The fourth-order valence-corrected chi connectivity index (χ4v) is 3.95. The summed E-state index contributed by atoms with van der Waals surface area (Å²) in [6, 6.07) is 19.6. The Morgan fingerprint density at radius 1 is 0.867 bits per heavy atom. The predicted octanol–water partition coefficient (Wildman–Crippen LogP) is 1.36. The molecule has 6 heteroatoms. The molecule has 2 aromatic carbocycles. The van der Waals surface area contributed by atoms with Gasteiger partial charge in [0.25, 0.3) is 0 Å². The van der Waals surface area contributed by atoms with E-state index in [0.717, 1.165) is 44.8 Å². The van der Waals surface area contributed by atoms with Crippen molar-refractivity contribution < 1.29 is 19.0 Å². The summed E-state index contributed by atoms with van der Waals surface area (Å²) < 4.78 is 11.3. The fraction of sp³-hybridized carbons (Fsp3) is 0.292. The number of hydrogen-bond acceptors (Lipinski definition) is 3. The second kappa shape index (κ2) is 9.94. The first kappa shape index (κ1) is 20.7. The van der Waals surface area contributed by atoms with Gasteiger partial charge in [0.2, 0.25) is 11.2 Å². The Kier molecular flexibility index (Phi) is 6.84. The molecule has 3 aromatic rings. The average molecular weight is 427 g/mol. The highest BCUT2D eigenvalue weighted by atomic mass is 35.5. The van der Waals surface area contributed by atoms with E-state index in [2.05, 4.69) is 30.3 Å².